The van der Waals surface area contributed by atoms with Crippen LogP contribution >= 0.6 is 24.8 Å². The van der Waals surface area contributed by atoms with E-state index >= 15 is 0 Å². The number of pyridine rings is 1. The summed E-state index contributed by atoms with van der Waals surface area (Å²) in [4.78, 5) is 29.3. The van der Waals surface area contributed by atoms with E-state index < -0.39 is 39.1 Å². The lowest BCUT2D eigenvalue weighted by Crippen LogP contribution is -2.48. The zero-order chi connectivity index (χ0) is 25.6. The number of rotatable bonds is 9. The molecule has 0 aliphatic heterocycles. The number of amides is 2. The Morgan fingerprint density at radius 3 is 2.14 bits per heavy atom. The van der Waals surface area contributed by atoms with Crippen molar-refractivity contribution in [2.24, 2.45) is 5.73 Å². The minimum atomic E-state index is -4.54. The summed E-state index contributed by atoms with van der Waals surface area (Å²) >= 11 is 0. The van der Waals surface area contributed by atoms with Crippen LogP contribution in [0.2, 0.25) is 0 Å². The molecule has 37 heavy (non-hydrogen) atoms. The van der Waals surface area contributed by atoms with Crippen LogP contribution in [0, 0.1) is 5.82 Å². The monoisotopic (exact) mass is 572 g/mol. The van der Waals surface area contributed by atoms with Gasteiger partial charge in [-0.15, -0.1) is 24.8 Å². The summed E-state index contributed by atoms with van der Waals surface area (Å²) in [6.07, 6.45) is 3.12. The molecule has 0 saturated heterocycles. The van der Waals surface area contributed by atoms with Gasteiger partial charge < -0.3 is 16.4 Å². The van der Waals surface area contributed by atoms with Crippen molar-refractivity contribution in [1.29, 1.82) is 0 Å². The molecule has 0 fully saturated rings. The van der Waals surface area contributed by atoms with Gasteiger partial charge in [-0.05, 0) is 54.4 Å². The number of benzene rings is 2. The van der Waals surface area contributed by atoms with E-state index in [2.05, 4.69) is 15.6 Å². The summed E-state index contributed by atoms with van der Waals surface area (Å²) in [6, 6.07) is 13.9. The van der Waals surface area contributed by atoms with Crippen molar-refractivity contribution >= 4 is 52.4 Å². The third kappa shape index (κ3) is 8.76. The second-order valence-electron chi connectivity index (χ2n) is 8.19. The molecule has 0 bridgehead atoms. The van der Waals surface area contributed by atoms with Gasteiger partial charge in [-0.1, -0.05) is 24.3 Å². The number of nitrogens with two attached hydrogens (primary N) is 1. The molecule has 0 spiro atoms. The fraction of sp³-hybridized carbons (Fsp3) is 0.208. The number of carbonyl (C=O) groups is 2. The number of hydrogen-bond acceptors (Lipinski definition) is 6. The van der Waals surface area contributed by atoms with Gasteiger partial charge in [-0.2, -0.15) is 8.42 Å². The fourth-order valence-corrected chi connectivity index (χ4v) is 4.53. The van der Waals surface area contributed by atoms with Crippen molar-refractivity contribution in [3.63, 3.8) is 0 Å². The first-order chi connectivity index (χ1) is 16.5. The number of nitrogens with one attached hydrogen (secondary N) is 2. The van der Waals surface area contributed by atoms with Crippen molar-refractivity contribution < 1.29 is 27.0 Å². The van der Waals surface area contributed by atoms with Gasteiger partial charge in [-0.25, -0.2) is 4.39 Å². The van der Waals surface area contributed by atoms with E-state index in [9.17, 15) is 27.0 Å². The molecule has 2 aromatic carbocycles. The van der Waals surface area contributed by atoms with Crippen molar-refractivity contribution in [3.05, 3.63) is 95.6 Å². The summed E-state index contributed by atoms with van der Waals surface area (Å²) in [5.41, 5.74) is 6.34. The lowest BCUT2D eigenvalue weighted by molar-refractivity contribution is -0.125. The van der Waals surface area contributed by atoms with Crippen LogP contribution in [-0.4, -0.2) is 42.1 Å². The van der Waals surface area contributed by atoms with Gasteiger partial charge in [0, 0.05) is 36.2 Å². The summed E-state index contributed by atoms with van der Waals surface area (Å²) in [7, 11) is -4.54. The molecule has 13 heteroatoms. The number of carbonyl (C=O) groups excluding carboxylic acids is 2. The van der Waals surface area contributed by atoms with Gasteiger partial charge in [0.05, 0.1) is 11.2 Å². The number of aromatic nitrogens is 1. The molecule has 3 rings (SSSR count). The van der Waals surface area contributed by atoms with Crippen LogP contribution in [0.1, 0.15) is 34.5 Å². The summed E-state index contributed by atoms with van der Waals surface area (Å²) in [6.45, 7) is 1.29. The maximum absolute atomic E-state index is 13.3. The maximum Gasteiger partial charge on any atom is 0.266 e. The highest BCUT2D eigenvalue weighted by molar-refractivity contribution is 7.85. The maximum atomic E-state index is 13.3. The molecule has 5 N–H and O–H groups in total. The molecule has 0 aliphatic carbocycles. The minimum Gasteiger partial charge on any atom is -0.353 e. The van der Waals surface area contributed by atoms with Gasteiger partial charge in [0.1, 0.15) is 5.82 Å². The Labute approximate surface area is 226 Å². The van der Waals surface area contributed by atoms with E-state index in [1.165, 1.54) is 19.1 Å². The molecular formula is C24H27Cl2FN4O5S. The lowest BCUT2D eigenvalue weighted by Gasteiger charge is -2.28. The molecule has 2 atom stereocenters. The van der Waals surface area contributed by atoms with Gasteiger partial charge >= 0.3 is 0 Å². The first-order valence-corrected chi connectivity index (χ1v) is 12.2. The van der Waals surface area contributed by atoms with Crippen LogP contribution < -0.4 is 16.4 Å². The third-order valence-electron chi connectivity index (χ3n) is 5.48. The van der Waals surface area contributed by atoms with E-state index in [-0.39, 0.29) is 42.8 Å². The highest BCUT2D eigenvalue weighted by Crippen LogP contribution is 2.27. The van der Waals surface area contributed by atoms with Gasteiger partial charge in [0.2, 0.25) is 5.91 Å². The normalized spacial score (nSPS) is 13.2. The molecule has 2 unspecified atom stereocenters. The number of anilines is 1. The second-order valence-corrected chi connectivity index (χ2v) is 9.65. The quantitative estimate of drug-likeness (QED) is 0.287. The Morgan fingerprint density at radius 2 is 1.59 bits per heavy atom. The molecule has 0 aliphatic rings. The third-order valence-corrected chi connectivity index (χ3v) is 6.42. The van der Waals surface area contributed by atoms with Crippen LogP contribution in [0.3, 0.4) is 0 Å². The Morgan fingerprint density at radius 1 is 1.03 bits per heavy atom. The predicted octanol–water partition coefficient (Wildman–Crippen LogP) is 3.28. The van der Waals surface area contributed by atoms with E-state index in [1.807, 2.05) is 0 Å². The molecule has 0 saturated carbocycles. The molecular weight excluding hydrogens is 546 g/mol. The van der Waals surface area contributed by atoms with Crippen LogP contribution in [-0.2, 0) is 20.3 Å². The van der Waals surface area contributed by atoms with Crippen molar-refractivity contribution in [2.45, 2.75) is 18.4 Å². The number of nitrogens with zero attached hydrogens (tertiary/aromatic N) is 1. The van der Waals surface area contributed by atoms with Crippen LogP contribution in [0.5, 0.6) is 0 Å². The molecule has 3 aromatic rings. The Bertz CT molecular complexity index is 1300. The topological polar surface area (TPSA) is 151 Å². The highest BCUT2D eigenvalue weighted by Gasteiger charge is 2.39. The zero-order valence-corrected chi connectivity index (χ0v) is 22.1. The summed E-state index contributed by atoms with van der Waals surface area (Å²) in [5, 5.41) is 5.35. The van der Waals surface area contributed by atoms with Crippen molar-refractivity contribution in [3.8, 4) is 0 Å². The van der Waals surface area contributed by atoms with Crippen molar-refractivity contribution in [1.82, 2.24) is 10.3 Å². The average Bonchev–Trinajstić information content (AvgIpc) is 2.82. The van der Waals surface area contributed by atoms with E-state index in [1.54, 1.807) is 48.8 Å². The van der Waals surface area contributed by atoms with E-state index in [0.717, 1.165) is 12.1 Å². The zero-order valence-electron chi connectivity index (χ0n) is 19.6. The molecule has 200 valence electrons. The summed E-state index contributed by atoms with van der Waals surface area (Å²) < 4.78 is 45.9. The smallest absolute Gasteiger partial charge is 0.266 e. The Kier molecular flexibility index (Phi) is 11.6. The average molecular weight is 573 g/mol. The molecule has 0 radical (unpaired) electrons. The number of halogens is 3. The number of hydrogen-bond donors (Lipinski definition) is 4. The van der Waals surface area contributed by atoms with Gasteiger partial charge in [0.15, 0.2) is 0 Å². The molecule has 1 aromatic heterocycles. The van der Waals surface area contributed by atoms with Crippen molar-refractivity contribution in [2.75, 3.05) is 17.6 Å². The van der Waals surface area contributed by atoms with Crippen LogP contribution in [0.4, 0.5) is 10.1 Å². The minimum absolute atomic E-state index is 0. The van der Waals surface area contributed by atoms with Crippen LogP contribution in [0.15, 0.2) is 73.1 Å². The van der Waals surface area contributed by atoms with Crippen LogP contribution in [0.25, 0.3) is 0 Å². The summed E-state index contributed by atoms with van der Waals surface area (Å²) in [5.74, 6) is -2.47. The fourth-order valence-electron chi connectivity index (χ4n) is 3.50. The highest BCUT2D eigenvalue weighted by atomic mass is 35.5. The predicted molar refractivity (Wildman–Crippen MR) is 143 cm³/mol. The standard InChI is InChI=1S/C24H25FN4O5S.2ClH/c1-24(15-35(32,33)34,18-6-8-19(25)9-7-18)23(31)28-14-21(26)16-2-4-17(5-3-16)22(30)29-20-10-12-27-13-11-20;;/h2-13,21H,14-15,26H2,1H3,(H,28,31)(H,27,29,30)(H,32,33,34);2*1H. The SMILES string of the molecule is CC(CS(=O)(=O)O)(C(=O)NCC(N)c1ccc(C(=O)Nc2ccncc2)cc1)c1ccc(F)cc1.Cl.Cl. The lowest BCUT2D eigenvalue weighted by atomic mass is 9.83. The van der Waals surface area contributed by atoms with Gasteiger partial charge in [0.25, 0.3) is 16.0 Å². The van der Waals surface area contributed by atoms with E-state index in [4.69, 9.17) is 5.73 Å². The Hall–Kier alpha value is -3.09. The molecule has 1 heterocycles. The second kappa shape index (κ2) is 13.5. The van der Waals surface area contributed by atoms with Gasteiger partial charge in [-0.3, -0.25) is 19.1 Å². The first kappa shape index (κ1) is 31.9. The largest absolute Gasteiger partial charge is 0.353 e. The Balaban J connectivity index is 0.00000342. The molecule has 9 nitrogen and oxygen atoms in total. The van der Waals surface area contributed by atoms with E-state index in [0.29, 0.717) is 16.8 Å². The molecule has 2 amide bonds. The first-order valence-electron chi connectivity index (χ1n) is 10.5.